The van der Waals surface area contributed by atoms with Crippen LogP contribution in [0.2, 0.25) is 0 Å². The number of sulfonamides is 1. The third kappa shape index (κ3) is 3.24. The molecule has 4 nitrogen and oxygen atoms in total. The van der Waals surface area contributed by atoms with Gasteiger partial charge in [-0.05, 0) is 56.4 Å². The molecule has 0 bridgehead atoms. The molecular formula is C14H21BrN2O2S. The van der Waals surface area contributed by atoms with Gasteiger partial charge in [0.15, 0.2) is 0 Å². The molecule has 0 spiro atoms. The zero-order valence-electron chi connectivity index (χ0n) is 11.8. The summed E-state index contributed by atoms with van der Waals surface area (Å²) in [6, 6.07) is 5.19. The van der Waals surface area contributed by atoms with Gasteiger partial charge in [0.2, 0.25) is 10.0 Å². The van der Waals surface area contributed by atoms with Crippen molar-refractivity contribution >= 4 is 26.0 Å². The van der Waals surface area contributed by atoms with Crippen LogP contribution in [0.5, 0.6) is 0 Å². The minimum atomic E-state index is -3.41. The van der Waals surface area contributed by atoms with Crippen LogP contribution >= 0.6 is 15.9 Å². The van der Waals surface area contributed by atoms with E-state index in [-0.39, 0.29) is 12.0 Å². The minimum Gasteiger partial charge on any atom is -0.328 e. The van der Waals surface area contributed by atoms with E-state index in [1.54, 1.807) is 22.5 Å². The minimum absolute atomic E-state index is 0.0275. The van der Waals surface area contributed by atoms with Crippen LogP contribution in [-0.2, 0) is 10.0 Å². The van der Waals surface area contributed by atoms with Crippen LogP contribution in [0.4, 0.5) is 0 Å². The molecule has 1 aromatic rings. The van der Waals surface area contributed by atoms with Crippen molar-refractivity contribution in [2.24, 2.45) is 11.7 Å². The van der Waals surface area contributed by atoms with E-state index in [1.807, 2.05) is 13.8 Å². The van der Waals surface area contributed by atoms with E-state index in [4.69, 9.17) is 5.73 Å². The fourth-order valence-corrected chi connectivity index (χ4v) is 4.42. The average molecular weight is 361 g/mol. The van der Waals surface area contributed by atoms with E-state index in [0.717, 1.165) is 22.9 Å². The molecule has 112 valence electrons. The Balaban J connectivity index is 2.27. The molecule has 0 aromatic heterocycles. The van der Waals surface area contributed by atoms with Crippen molar-refractivity contribution in [3.63, 3.8) is 0 Å². The van der Waals surface area contributed by atoms with Gasteiger partial charge in [-0.15, -0.1) is 0 Å². The fourth-order valence-electron chi connectivity index (χ4n) is 2.55. The van der Waals surface area contributed by atoms with Crippen LogP contribution in [-0.4, -0.2) is 31.9 Å². The van der Waals surface area contributed by atoms with Gasteiger partial charge in [-0.3, -0.25) is 0 Å². The van der Waals surface area contributed by atoms with Crippen molar-refractivity contribution in [1.82, 2.24) is 4.31 Å². The Kier molecular flexibility index (Phi) is 4.89. The molecule has 0 unspecified atom stereocenters. The molecule has 0 radical (unpaired) electrons. The summed E-state index contributed by atoms with van der Waals surface area (Å²) in [6.07, 6.45) is 1.88. The largest absolute Gasteiger partial charge is 0.328 e. The molecule has 1 aliphatic rings. The number of aryl methyl sites for hydroxylation is 1. The van der Waals surface area contributed by atoms with E-state index < -0.39 is 10.0 Å². The van der Waals surface area contributed by atoms with Gasteiger partial charge >= 0.3 is 0 Å². The number of hydrogen-bond acceptors (Lipinski definition) is 3. The lowest BCUT2D eigenvalue weighted by Gasteiger charge is -2.33. The van der Waals surface area contributed by atoms with Crippen LogP contribution in [0.15, 0.2) is 27.6 Å². The van der Waals surface area contributed by atoms with Gasteiger partial charge in [0.25, 0.3) is 0 Å². The Bertz CT molecular complexity index is 587. The number of halogens is 1. The van der Waals surface area contributed by atoms with Crippen LogP contribution in [0.1, 0.15) is 25.3 Å². The zero-order chi connectivity index (χ0) is 14.9. The lowest BCUT2D eigenvalue weighted by atomic mass is 9.93. The predicted octanol–water partition coefficient (Wildman–Crippen LogP) is 2.51. The van der Waals surface area contributed by atoms with Gasteiger partial charge < -0.3 is 5.73 Å². The molecule has 0 amide bonds. The molecular weight excluding hydrogens is 340 g/mol. The Labute approximate surface area is 129 Å². The summed E-state index contributed by atoms with van der Waals surface area (Å²) >= 11 is 3.40. The van der Waals surface area contributed by atoms with Crippen molar-refractivity contribution in [1.29, 1.82) is 0 Å². The molecule has 1 aliphatic heterocycles. The second-order valence-electron chi connectivity index (χ2n) is 5.54. The van der Waals surface area contributed by atoms with Crippen LogP contribution in [0.3, 0.4) is 0 Å². The van der Waals surface area contributed by atoms with Crippen molar-refractivity contribution in [2.75, 3.05) is 13.1 Å². The number of hydrogen-bond donors (Lipinski definition) is 1. The Morgan fingerprint density at radius 1 is 1.45 bits per heavy atom. The standard InChI is InChI=1S/C14H21BrN2O2S/c1-10-8-13(5-6-14(10)15)20(18,19)17-7-3-4-12(9-17)11(2)16/h5-6,8,11-12H,3-4,7,9,16H2,1-2H3/t11-,12+/m1/s1. The predicted molar refractivity (Wildman–Crippen MR) is 84.0 cm³/mol. The molecule has 1 fully saturated rings. The number of rotatable bonds is 3. The van der Waals surface area contributed by atoms with Gasteiger partial charge in [-0.1, -0.05) is 15.9 Å². The molecule has 0 aliphatic carbocycles. The molecule has 2 atom stereocenters. The van der Waals surface area contributed by atoms with Crippen molar-refractivity contribution in [3.05, 3.63) is 28.2 Å². The number of piperidine rings is 1. The first-order valence-corrected chi connectivity index (χ1v) is 9.07. The summed E-state index contributed by atoms with van der Waals surface area (Å²) in [4.78, 5) is 0.364. The number of nitrogens with two attached hydrogens (primary N) is 1. The highest BCUT2D eigenvalue weighted by atomic mass is 79.9. The first-order valence-electron chi connectivity index (χ1n) is 6.84. The third-order valence-electron chi connectivity index (χ3n) is 3.93. The summed E-state index contributed by atoms with van der Waals surface area (Å²) in [5.74, 6) is 0.245. The topological polar surface area (TPSA) is 63.4 Å². The van der Waals surface area contributed by atoms with E-state index in [1.165, 1.54) is 0 Å². The number of nitrogens with zero attached hydrogens (tertiary/aromatic N) is 1. The van der Waals surface area contributed by atoms with E-state index in [2.05, 4.69) is 15.9 Å². The molecule has 1 saturated heterocycles. The molecule has 1 heterocycles. The summed E-state index contributed by atoms with van der Waals surface area (Å²) in [5, 5.41) is 0. The fraction of sp³-hybridized carbons (Fsp3) is 0.571. The SMILES string of the molecule is Cc1cc(S(=O)(=O)N2CCC[C@H]([C@@H](C)N)C2)ccc1Br. The first kappa shape index (κ1) is 15.9. The van der Waals surface area contributed by atoms with E-state index in [9.17, 15) is 8.42 Å². The highest BCUT2D eigenvalue weighted by Crippen LogP contribution is 2.27. The normalized spacial score (nSPS) is 22.7. The maximum Gasteiger partial charge on any atom is 0.243 e. The number of benzene rings is 1. The smallest absolute Gasteiger partial charge is 0.243 e. The highest BCUT2D eigenvalue weighted by Gasteiger charge is 2.31. The van der Waals surface area contributed by atoms with Crippen LogP contribution in [0, 0.1) is 12.8 Å². The monoisotopic (exact) mass is 360 g/mol. The van der Waals surface area contributed by atoms with Gasteiger partial charge in [-0.2, -0.15) is 4.31 Å². The Hall–Kier alpha value is -0.430. The molecule has 20 heavy (non-hydrogen) atoms. The lowest BCUT2D eigenvalue weighted by Crippen LogP contribution is -2.44. The zero-order valence-corrected chi connectivity index (χ0v) is 14.2. The van der Waals surface area contributed by atoms with Gasteiger partial charge in [0, 0.05) is 23.6 Å². The van der Waals surface area contributed by atoms with Gasteiger partial charge in [0.1, 0.15) is 0 Å². The molecule has 2 N–H and O–H groups in total. The second-order valence-corrected chi connectivity index (χ2v) is 8.33. The van der Waals surface area contributed by atoms with E-state index >= 15 is 0 Å². The van der Waals surface area contributed by atoms with Crippen molar-refractivity contribution in [2.45, 2.75) is 37.6 Å². The summed E-state index contributed by atoms with van der Waals surface area (Å²) in [7, 11) is -3.41. The third-order valence-corrected chi connectivity index (χ3v) is 6.68. The quantitative estimate of drug-likeness (QED) is 0.900. The van der Waals surface area contributed by atoms with Crippen LogP contribution < -0.4 is 5.73 Å². The van der Waals surface area contributed by atoms with Gasteiger partial charge in [0.05, 0.1) is 4.90 Å². The summed E-state index contributed by atoms with van der Waals surface area (Å²) in [5.41, 5.74) is 6.85. The molecule has 0 saturated carbocycles. The molecule has 6 heteroatoms. The van der Waals surface area contributed by atoms with Crippen LogP contribution in [0.25, 0.3) is 0 Å². The van der Waals surface area contributed by atoms with Crippen molar-refractivity contribution < 1.29 is 8.42 Å². The average Bonchev–Trinajstić information content (AvgIpc) is 2.42. The maximum absolute atomic E-state index is 12.7. The van der Waals surface area contributed by atoms with E-state index in [0.29, 0.717) is 18.0 Å². The maximum atomic E-state index is 12.7. The highest BCUT2D eigenvalue weighted by molar-refractivity contribution is 9.10. The summed E-state index contributed by atoms with van der Waals surface area (Å²) < 4.78 is 27.9. The van der Waals surface area contributed by atoms with Crippen molar-refractivity contribution in [3.8, 4) is 0 Å². The first-order chi connectivity index (χ1) is 9.32. The Morgan fingerprint density at radius 3 is 2.75 bits per heavy atom. The van der Waals surface area contributed by atoms with Gasteiger partial charge in [-0.25, -0.2) is 8.42 Å². The lowest BCUT2D eigenvalue weighted by molar-refractivity contribution is 0.243. The second kappa shape index (κ2) is 6.13. The molecule has 2 rings (SSSR count). The molecule has 1 aromatic carbocycles. The Morgan fingerprint density at radius 2 is 2.15 bits per heavy atom. The summed E-state index contributed by atoms with van der Waals surface area (Å²) in [6.45, 7) is 4.95.